The van der Waals surface area contributed by atoms with Crippen molar-refractivity contribution in [3.63, 3.8) is 0 Å². The Morgan fingerprint density at radius 2 is 0.644 bits per heavy atom. The molecular weight excluding hydrogens is 942 g/mol. The smallest absolute Gasteiger partial charge is 0.741 e. The van der Waals surface area contributed by atoms with Crippen molar-refractivity contribution in [2.75, 3.05) is 0 Å². The van der Waals surface area contributed by atoms with Crippen LogP contribution in [0.15, 0.2) is 158 Å². The number of halogens is 6. The first-order valence-corrected chi connectivity index (χ1v) is 22.9. The van der Waals surface area contributed by atoms with Gasteiger partial charge in [0.2, 0.25) is 0 Å². The maximum absolute atomic E-state index is 10.7. The van der Waals surface area contributed by atoms with Crippen molar-refractivity contribution in [2.45, 2.75) is 36.7 Å². The molecule has 6 aromatic carbocycles. The predicted molar refractivity (Wildman–Crippen MR) is 217 cm³/mol. The average molecular weight is 976 g/mol. The van der Waals surface area contributed by atoms with E-state index in [0.717, 1.165) is 25.7 Å². The number of alkyl halides is 6. The van der Waals surface area contributed by atoms with Gasteiger partial charge in [0.05, 0.1) is 0 Å². The Balaban J connectivity index is 0.000000384. The van der Waals surface area contributed by atoms with Gasteiger partial charge in [0, 0.05) is 0 Å². The molecule has 0 amide bonds. The van der Waals surface area contributed by atoms with Crippen LogP contribution in [0.4, 0.5) is 26.3 Å². The molecule has 0 spiro atoms. The summed E-state index contributed by atoms with van der Waals surface area (Å²) in [7, 11) is -13.4. The molecule has 10 rings (SSSR count). The van der Waals surface area contributed by atoms with Gasteiger partial charge < -0.3 is 9.11 Å². The summed E-state index contributed by atoms with van der Waals surface area (Å²) in [6, 6.07) is 59.3. The summed E-state index contributed by atoms with van der Waals surface area (Å²) in [5.41, 5.74) is -5.45. The minimum atomic E-state index is -6.09. The van der Waals surface area contributed by atoms with E-state index in [1.54, 1.807) is 0 Å². The zero-order chi connectivity index (χ0) is 42.1. The molecule has 6 nitrogen and oxygen atoms in total. The molecule has 4 bridgehead atoms. The monoisotopic (exact) mass is 976 g/mol. The fourth-order valence-corrected chi connectivity index (χ4v) is 11.2. The van der Waals surface area contributed by atoms with Crippen molar-refractivity contribution in [1.82, 2.24) is 0 Å². The molecule has 0 fully saturated rings. The zero-order valence-electron chi connectivity index (χ0n) is 30.6. The van der Waals surface area contributed by atoms with Gasteiger partial charge in [0.1, 0.15) is 0 Å². The van der Waals surface area contributed by atoms with Crippen molar-refractivity contribution < 1.29 is 71.8 Å². The second-order valence-electron chi connectivity index (χ2n) is 12.7. The molecule has 0 unspecified atom stereocenters. The number of rotatable bonds is 6. The molecule has 0 aliphatic heterocycles. The molecule has 0 saturated heterocycles. The molecule has 0 saturated carbocycles. The van der Waals surface area contributed by atoms with Crippen LogP contribution in [0.25, 0.3) is 0 Å². The first-order chi connectivity index (χ1) is 27.3. The summed E-state index contributed by atoms with van der Waals surface area (Å²) in [5, 5.41) is 8.73. The predicted octanol–water partition coefficient (Wildman–Crippen LogP) is 7.19. The topological polar surface area (TPSA) is 114 Å². The fraction of sp³-hybridized carbons (Fsp3) is 0.143. The van der Waals surface area contributed by atoms with Crippen molar-refractivity contribution in [3.05, 3.63) is 180 Å². The van der Waals surface area contributed by atoms with Gasteiger partial charge in [-0.05, 0) is 95.6 Å². The first-order valence-electron chi connectivity index (χ1n) is 17.4. The Kier molecular flexibility index (Phi) is 16.8. The van der Waals surface area contributed by atoms with Crippen molar-refractivity contribution in [2.24, 2.45) is 0 Å². The van der Waals surface area contributed by atoms with Crippen molar-refractivity contribution in [1.29, 1.82) is 0 Å². The van der Waals surface area contributed by atoms with E-state index in [0.29, 0.717) is 0 Å². The molecule has 0 atom stereocenters. The standard InChI is InChI=1S/C40H34P2.2CHF3O3S.Ru/c1-5-13-35(14-6-1)41(36-15-7-2-8-16-36)39-29-31-21-25-33(39)27-23-32-22-26-34(28-24-31)40(30-32)42(37-17-9-3-10-18-37)38-19-11-4-12-20-38;2*2-1(3,4)8(5,6)7;/h1-22,25-26,29-30H,23-24,27-28H2;2*(H,5,6,7);/q;;;+2/p-2. The molecule has 0 radical (unpaired) electrons. The third-order valence-corrected chi connectivity index (χ3v) is 15.0. The summed E-state index contributed by atoms with van der Waals surface area (Å²) in [5.74, 6) is 0. The van der Waals surface area contributed by atoms with E-state index in [-0.39, 0.29) is 19.5 Å². The summed E-state index contributed by atoms with van der Waals surface area (Å²) in [4.78, 5) is 0. The van der Waals surface area contributed by atoms with Crippen LogP contribution in [0.1, 0.15) is 22.3 Å². The molecule has 0 N–H and O–H groups in total. The summed E-state index contributed by atoms with van der Waals surface area (Å²) < 4.78 is 118. The summed E-state index contributed by atoms with van der Waals surface area (Å²) in [6.07, 6.45) is 4.17. The minimum absolute atomic E-state index is 0. The van der Waals surface area contributed by atoms with Crippen LogP contribution < -0.4 is 31.8 Å². The number of aryl methyl sites for hydroxylation is 4. The molecule has 17 heteroatoms. The summed E-state index contributed by atoms with van der Waals surface area (Å²) >= 11 is 0. The third-order valence-electron chi connectivity index (χ3n) is 8.77. The molecule has 310 valence electrons. The quantitative estimate of drug-likeness (QED) is 0.0575. The van der Waals surface area contributed by atoms with E-state index < -0.39 is 47.1 Å². The Morgan fingerprint density at radius 3 is 0.864 bits per heavy atom. The van der Waals surface area contributed by atoms with E-state index >= 15 is 0 Å². The van der Waals surface area contributed by atoms with Crippen LogP contribution in [-0.4, -0.2) is 37.0 Å². The Labute approximate surface area is 354 Å². The Bertz CT molecular complexity index is 2240. The largest absolute Gasteiger partial charge is 2.00 e. The Morgan fingerprint density at radius 1 is 0.407 bits per heavy atom. The fourth-order valence-electron chi connectivity index (χ4n) is 6.09. The number of hydrogen-bond acceptors (Lipinski definition) is 6. The van der Waals surface area contributed by atoms with E-state index in [4.69, 9.17) is 25.9 Å². The molecule has 4 aliphatic carbocycles. The second kappa shape index (κ2) is 20.6. The Hall–Kier alpha value is -3.80. The van der Waals surface area contributed by atoms with E-state index in [9.17, 15) is 26.3 Å². The molecule has 0 aromatic heterocycles. The maximum Gasteiger partial charge on any atom is 2.00 e. The number of hydrogen-bond donors (Lipinski definition) is 0. The van der Waals surface area contributed by atoms with Gasteiger partial charge in [0.15, 0.2) is 20.2 Å². The van der Waals surface area contributed by atoms with Crippen LogP contribution in [0.5, 0.6) is 0 Å². The van der Waals surface area contributed by atoms with E-state index in [1.165, 1.54) is 54.1 Å². The van der Waals surface area contributed by atoms with Gasteiger partial charge in [0.25, 0.3) is 0 Å². The number of benzene rings is 6. The van der Waals surface area contributed by atoms with Gasteiger partial charge in [-0.25, -0.2) is 16.8 Å². The van der Waals surface area contributed by atoms with Crippen LogP contribution in [0, 0.1) is 0 Å². The molecular formula is C42H34F6O6P2RuS2. The van der Waals surface area contributed by atoms with Crippen LogP contribution in [-0.2, 0) is 65.4 Å². The molecule has 4 aliphatic rings. The van der Waals surface area contributed by atoms with Crippen molar-refractivity contribution in [3.8, 4) is 0 Å². The van der Waals surface area contributed by atoms with Gasteiger partial charge >= 0.3 is 30.5 Å². The van der Waals surface area contributed by atoms with Gasteiger partial charge in [-0.1, -0.05) is 158 Å². The molecule has 0 heterocycles. The second-order valence-corrected chi connectivity index (χ2v) is 19.9. The molecule has 6 aromatic rings. The SMILES string of the molecule is O=S(=O)([O-])C(F)(F)F.O=S(=O)([O-])C(F)(F)F.[Ru+2].c1ccc(P(c2ccccc2)c2cc3ccc2CCc2ccc(c(P(c4ccccc4)c4ccccc4)c2)CC3)cc1. The normalized spacial score (nSPS) is 12.9. The van der Waals surface area contributed by atoms with Gasteiger partial charge in [-0.2, -0.15) is 26.3 Å². The zero-order valence-corrected chi connectivity index (χ0v) is 35.8. The van der Waals surface area contributed by atoms with Crippen LogP contribution in [0.3, 0.4) is 0 Å². The van der Waals surface area contributed by atoms with Gasteiger partial charge in [-0.3, -0.25) is 0 Å². The summed E-state index contributed by atoms with van der Waals surface area (Å²) in [6.45, 7) is 0. The first kappa shape index (κ1) is 47.9. The molecule has 59 heavy (non-hydrogen) atoms. The minimum Gasteiger partial charge on any atom is -0.741 e. The third kappa shape index (κ3) is 13.1. The maximum atomic E-state index is 10.7. The van der Waals surface area contributed by atoms with Crippen LogP contribution >= 0.6 is 15.8 Å². The average Bonchev–Trinajstić information content (AvgIpc) is 3.17. The van der Waals surface area contributed by atoms with Crippen LogP contribution in [0.2, 0.25) is 0 Å². The van der Waals surface area contributed by atoms with E-state index in [2.05, 4.69) is 158 Å². The van der Waals surface area contributed by atoms with Gasteiger partial charge in [-0.15, -0.1) is 0 Å². The van der Waals surface area contributed by atoms with E-state index in [1.807, 2.05) is 0 Å². The van der Waals surface area contributed by atoms with Crippen molar-refractivity contribution >= 4 is 67.9 Å².